The van der Waals surface area contributed by atoms with Crippen LogP contribution in [0.2, 0.25) is 0 Å². The van der Waals surface area contributed by atoms with E-state index in [-0.39, 0.29) is 16.1 Å². The standard InChI is InChI=1S/C15H12F3NO4S/c1-9-2-3-10(14(20)21)8-13(9)19-24(22,23)12-6-4-11(5-7-12)15(16,17)18/h2-8,19H,1H3,(H,20,21). The van der Waals surface area contributed by atoms with Crippen molar-refractivity contribution in [3.05, 3.63) is 59.2 Å². The van der Waals surface area contributed by atoms with E-state index in [1.54, 1.807) is 6.92 Å². The van der Waals surface area contributed by atoms with Gasteiger partial charge in [-0.25, -0.2) is 13.2 Å². The van der Waals surface area contributed by atoms with Crippen molar-refractivity contribution in [1.82, 2.24) is 0 Å². The summed E-state index contributed by atoms with van der Waals surface area (Å²) in [7, 11) is -4.15. The maximum Gasteiger partial charge on any atom is 0.416 e. The fraction of sp³-hybridized carbons (Fsp3) is 0.133. The number of hydrogen-bond acceptors (Lipinski definition) is 3. The Morgan fingerprint density at radius 3 is 2.17 bits per heavy atom. The van der Waals surface area contributed by atoms with Gasteiger partial charge in [0.2, 0.25) is 0 Å². The van der Waals surface area contributed by atoms with E-state index >= 15 is 0 Å². The Morgan fingerprint density at radius 1 is 1.08 bits per heavy atom. The zero-order chi connectivity index (χ0) is 18.1. The number of sulfonamides is 1. The molecular formula is C15H12F3NO4S. The van der Waals surface area contributed by atoms with Crippen LogP contribution in [0.5, 0.6) is 0 Å². The summed E-state index contributed by atoms with van der Waals surface area (Å²) in [5.41, 5.74) is -0.582. The first kappa shape index (κ1) is 17.8. The predicted molar refractivity (Wildman–Crippen MR) is 80.4 cm³/mol. The lowest BCUT2D eigenvalue weighted by atomic mass is 10.1. The first-order valence-electron chi connectivity index (χ1n) is 6.55. The van der Waals surface area contributed by atoms with E-state index in [4.69, 9.17) is 5.11 Å². The van der Waals surface area contributed by atoms with Crippen LogP contribution in [0.3, 0.4) is 0 Å². The molecule has 9 heteroatoms. The number of nitrogens with one attached hydrogen (secondary N) is 1. The molecule has 0 spiro atoms. The summed E-state index contributed by atoms with van der Waals surface area (Å²) < 4.78 is 64.2. The van der Waals surface area contributed by atoms with Crippen LogP contribution < -0.4 is 4.72 Å². The number of carbonyl (C=O) groups is 1. The Kier molecular flexibility index (Phi) is 4.57. The topological polar surface area (TPSA) is 83.5 Å². The zero-order valence-electron chi connectivity index (χ0n) is 12.3. The van der Waals surface area contributed by atoms with Crippen molar-refractivity contribution in [2.24, 2.45) is 0 Å². The Hall–Kier alpha value is -2.55. The summed E-state index contributed by atoms with van der Waals surface area (Å²) in [6, 6.07) is 6.87. The minimum atomic E-state index is -4.57. The van der Waals surface area contributed by atoms with Crippen molar-refractivity contribution in [3.63, 3.8) is 0 Å². The van der Waals surface area contributed by atoms with Crippen molar-refractivity contribution in [2.75, 3.05) is 4.72 Å². The Morgan fingerprint density at radius 2 is 1.67 bits per heavy atom. The molecule has 128 valence electrons. The second-order valence-electron chi connectivity index (χ2n) is 4.96. The number of alkyl halides is 3. The summed E-state index contributed by atoms with van der Waals surface area (Å²) >= 11 is 0. The maximum absolute atomic E-state index is 12.5. The van der Waals surface area contributed by atoms with Gasteiger partial charge in [-0.1, -0.05) is 6.07 Å². The molecule has 0 heterocycles. The number of halogens is 3. The molecule has 24 heavy (non-hydrogen) atoms. The van der Waals surface area contributed by atoms with Crippen molar-refractivity contribution in [3.8, 4) is 0 Å². The molecular weight excluding hydrogens is 347 g/mol. The largest absolute Gasteiger partial charge is 0.478 e. The van der Waals surface area contributed by atoms with Gasteiger partial charge in [0, 0.05) is 0 Å². The number of hydrogen-bond donors (Lipinski definition) is 2. The van der Waals surface area contributed by atoms with E-state index in [1.807, 2.05) is 0 Å². The SMILES string of the molecule is Cc1ccc(C(=O)O)cc1NS(=O)(=O)c1ccc(C(F)(F)F)cc1. The number of rotatable bonds is 4. The number of benzene rings is 2. The summed E-state index contributed by atoms with van der Waals surface area (Å²) in [4.78, 5) is 10.6. The second kappa shape index (κ2) is 6.16. The lowest BCUT2D eigenvalue weighted by molar-refractivity contribution is -0.137. The highest BCUT2D eigenvalue weighted by Crippen LogP contribution is 2.30. The molecule has 0 atom stereocenters. The summed E-state index contributed by atoms with van der Waals surface area (Å²) in [6.07, 6.45) is -4.57. The summed E-state index contributed by atoms with van der Waals surface area (Å²) in [5.74, 6) is -1.23. The molecule has 0 bridgehead atoms. The number of aryl methyl sites for hydroxylation is 1. The molecule has 0 radical (unpaired) electrons. The second-order valence-corrected chi connectivity index (χ2v) is 6.64. The molecule has 0 aromatic heterocycles. The normalized spacial score (nSPS) is 12.0. The van der Waals surface area contributed by atoms with Crippen LogP contribution in [0, 0.1) is 6.92 Å². The van der Waals surface area contributed by atoms with E-state index < -0.39 is 27.7 Å². The van der Waals surface area contributed by atoms with Crippen molar-refractivity contribution in [1.29, 1.82) is 0 Å². The highest BCUT2D eigenvalue weighted by Gasteiger charge is 2.30. The van der Waals surface area contributed by atoms with Crippen LogP contribution in [0.4, 0.5) is 18.9 Å². The Bertz CT molecular complexity index is 875. The zero-order valence-corrected chi connectivity index (χ0v) is 13.1. The molecule has 0 fully saturated rings. The molecule has 2 aromatic rings. The van der Waals surface area contributed by atoms with Crippen molar-refractivity contribution < 1.29 is 31.5 Å². The highest BCUT2D eigenvalue weighted by molar-refractivity contribution is 7.92. The molecule has 0 aliphatic carbocycles. The van der Waals surface area contributed by atoms with Gasteiger partial charge < -0.3 is 5.11 Å². The van der Waals surface area contributed by atoms with Crippen LogP contribution in [0.15, 0.2) is 47.4 Å². The van der Waals surface area contributed by atoms with E-state index in [0.717, 1.165) is 18.2 Å². The van der Waals surface area contributed by atoms with Crippen molar-refractivity contribution in [2.45, 2.75) is 18.0 Å². The first-order valence-corrected chi connectivity index (χ1v) is 8.03. The molecule has 5 nitrogen and oxygen atoms in total. The lowest BCUT2D eigenvalue weighted by Gasteiger charge is -2.12. The van der Waals surface area contributed by atoms with Crippen LogP contribution in [-0.2, 0) is 16.2 Å². The molecule has 0 saturated carbocycles. The van der Waals surface area contributed by atoms with Gasteiger partial charge in [0.25, 0.3) is 10.0 Å². The third kappa shape index (κ3) is 3.85. The van der Waals surface area contributed by atoms with Gasteiger partial charge in [-0.3, -0.25) is 4.72 Å². The van der Waals surface area contributed by atoms with Crippen molar-refractivity contribution >= 4 is 21.7 Å². The molecule has 0 aliphatic rings. The van der Waals surface area contributed by atoms with Gasteiger partial charge in [0.15, 0.2) is 0 Å². The average molecular weight is 359 g/mol. The smallest absolute Gasteiger partial charge is 0.416 e. The number of aromatic carboxylic acids is 1. The molecule has 2 N–H and O–H groups in total. The molecule has 0 aliphatic heterocycles. The summed E-state index contributed by atoms with van der Waals surface area (Å²) in [5, 5.41) is 8.94. The Balaban J connectivity index is 2.35. The van der Waals surface area contributed by atoms with Crippen LogP contribution in [-0.4, -0.2) is 19.5 Å². The third-order valence-electron chi connectivity index (χ3n) is 3.22. The fourth-order valence-electron chi connectivity index (χ4n) is 1.89. The first-order chi connectivity index (χ1) is 11.0. The van der Waals surface area contributed by atoms with Gasteiger partial charge in [-0.2, -0.15) is 13.2 Å². The monoisotopic (exact) mass is 359 g/mol. The number of carboxylic acids is 1. The minimum Gasteiger partial charge on any atom is -0.478 e. The van der Waals surface area contributed by atoms with E-state index in [9.17, 15) is 26.4 Å². The van der Waals surface area contributed by atoms with Crippen LogP contribution in [0.25, 0.3) is 0 Å². The third-order valence-corrected chi connectivity index (χ3v) is 4.60. The highest BCUT2D eigenvalue weighted by atomic mass is 32.2. The number of carboxylic acid groups (broad SMARTS) is 1. The molecule has 0 amide bonds. The predicted octanol–water partition coefficient (Wildman–Crippen LogP) is 3.51. The van der Waals surface area contributed by atoms with Gasteiger partial charge in [0.05, 0.1) is 21.7 Å². The minimum absolute atomic E-state index is 0.0368. The van der Waals surface area contributed by atoms with Crippen LogP contribution >= 0.6 is 0 Å². The number of anilines is 1. The molecule has 2 aromatic carbocycles. The van der Waals surface area contributed by atoms with Gasteiger partial charge in [-0.05, 0) is 48.9 Å². The quantitative estimate of drug-likeness (QED) is 0.875. The van der Waals surface area contributed by atoms with E-state index in [2.05, 4.69) is 4.72 Å². The van der Waals surface area contributed by atoms with Crippen LogP contribution in [0.1, 0.15) is 21.5 Å². The average Bonchev–Trinajstić information content (AvgIpc) is 2.48. The van der Waals surface area contributed by atoms with Gasteiger partial charge in [0.1, 0.15) is 0 Å². The lowest BCUT2D eigenvalue weighted by Crippen LogP contribution is -2.15. The molecule has 2 rings (SSSR count). The maximum atomic E-state index is 12.5. The van der Waals surface area contributed by atoms with E-state index in [0.29, 0.717) is 17.7 Å². The Labute approximate surface area is 135 Å². The fourth-order valence-corrected chi connectivity index (χ4v) is 3.01. The van der Waals surface area contributed by atoms with Gasteiger partial charge >= 0.3 is 12.1 Å². The molecule has 0 saturated heterocycles. The molecule has 0 unspecified atom stereocenters. The van der Waals surface area contributed by atoms with Gasteiger partial charge in [-0.15, -0.1) is 0 Å². The van der Waals surface area contributed by atoms with E-state index in [1.165, 1.54) is 12.1 Å². The summed E-state index contributed by atoms with van der Waals surface area (Å²) in [6.45, 7) is 1.57.